The molecular formula is C20H21N3O3. The number of nitrogens with one attached hydrogen (secondary N) is 1. The Balaban J connectivity index is 1.72. The Morgan fingerprint density at radius 2 is 1.81 bits per heavy atom. The molecule has 1 unspecified atom stereocenters. The summed E-state index contributed by atoms with van der Waals surface area (Å²) in [6.45, 7) is 3.39. The van der Waals surface area contributed by atoms with Crippen molar-refractivity contribution in [3.63, 3.8) is 0 Å². The van der Waals surface area contributed by atoms with E-state index in [0.29, 0.717) is 11.4 Å². The minimum Gasteiger partial charge on any atom is -0.325 e. The van der Waals surface area contributed by atoms with Crippen LogP contribution in [-0.2, 0) is 16.0 Å². The van der Waals surface area contributed by atoms with E-state index in [4.69, 9.17) is 0 Å². The molecule has 1 aliphatic heterocycles. The monoisotopic (exact) mass is 351 g/mol. The second-order valence-corrected chi connectivity index (χ2v) is 6.19. The fraction of sp³-hybridized carbons (Fsp3) is 0.250. The molecular weight excluding hydrogens is 330 g/mol. The lowest BCUT2D eigenvalue weighted by Gasteiger charge is -2.19. The molecule has 0 aromatic heterocycles. The fourth-order valence-corrected chi connectivity index (χ4v) is 3.01. The van der Waals surface area contributed by atoms with E-state index in [1.54, 1.807) is 37.3 Å². The fourth-order valence-electron chi connectivity index (χ4n) is 3.01. The van der Waals surface area contributed by atoms with Crippen LogP contribution in [0.15, 0.2) is 54.6 Å². The Morgan fingerprint density at radius 3 is 2.50 bits per heavy atom. The van der Waals surface area contributed by atoms with Crippen molar-refractivity contribution in [2.24, 2.45) is 0 Å². The van der Waals surface area contributed by atoms with Crippen LogP contribution in [0.3, 0.4) is 0 Å². The van der Waals surface area contributed by atoms with Crippen LogP contribution >= 0.6 is 0 Å². The summed E-state index contributed by atoms with van der Waals surface area (Å²) in [5.41, 5.74) is 2.39. The summed E-state index contributed by atoms with van der Waals surface area (Å²) in [7, 11) is 0. The molecule has 0 bridgehead atoms. The summed E-state index contributed by atoms with van der Waals surface area (Å²) < 4.78 is 0. The Labute approximate surface area is 152 Å². The number of imide groups is 1. The number of para-hydroxylation sites is 1. The van der Waals surface area contributed by atoms with Crippen LogP contribution in [-0.4, -0.2) is 35.3 Å². The summed E-state index contributed by atoms with van der Waals surface area (Å²) in [5, 5.41) is 2.75. The number of urea groups is 1. The average Bonchev–Trinajstić information content (AvgIpc) is 2.86. The van der Waals surface area contributed by atoms with Gasteiger partial charge in [-0.15, -0.1) is 0 Å². The zero-order chi connectivity index (χ0) is 18.7. The molecule has 4 amide bonds. The minimum atomic E-state index is -0.638. The molecule has 3 rings (SSSR count). The van der Waals surface area contributed by atoms with Gasteiger partial charge in [0.05, 0.1) is 0 Å². The van der Waals surface area contributed by atoms with Crippen molar-refractivity contribution >= 4 is 29.2 Å². The summed E-state index contributed by atoms with van der Waals surface area (Å²) in [4.78, 5) is 39.9. The summed E-state index contributed by atoms with van der Waals surface area (Å²) in [5.74, 6) is -0.779. The molecule has 1 saturated heterocycles. The predicted molar refractivity (Wildman–Crippen MR) is 99.9 cm³/mol. The maximum absolute atomic E-state index is 12.7. The van der Waals surface area contributed by atoms with Crippen LogP contribution in [0.25, 0.3) is 0 Å². The smallest absolute Gasteiger partial charge is 0.325 e. The Morgan fingerprint density at radius 1 is 1.08 bits per heavy atom. The van der Waals surface area contributed by atoms with Crippen LogP contribution < -0.4 is 10.2 Å². The van der Waals surface area contributed by atoms with Gasteiger partial charge in [-0.3, -0.25) is 19.4 Å². The van der Waals surface area contributed by atoms with E-state index in [0.717, 1.165) is 16.9 Å². The number of aryl methyl sites for hydroxylation is 1. The first-order valence-corrected chi connectivity index (χ1v) is 8.59. The average molecular weight is 351 g/mol. The third-order valence-electron chi connectivity index (χ3n) is 4.40. The van der Waals surface area contributed by atoms with E-state index >= 15 is 0 Å². The molecule has 26 heavy (non-hydrogen) atoms. The van der Waals surface area contributed by atoms with Gasteiger partial charge in [0.2, 0.25) is 5.91 Å². The molecule has 0 radical (unpaired) electrons. The highest BCUT2D eigenvalue weighted by Crippen LogP contribution is 2.25. The number of carbonyl (C=O) groups is 3. The van der Waals surface area contributed by atoms with E-state index in [-0.39, 0.29) is 12.5 Å². The van der Waals surface area contributed by atoms with Gasteiger partial charge in [0.25, 0.3) is 5.91 Å². The standard InChI is InChI=1S/C20H21N3O3/c1-3-15-8-7-9-16(12-15)21-18(24)13-22-19(25)14(2)23(20(22)26)17-10-5-4-6-11-17/h4-12,14H,3,13H2,1-2H3,(H,21,24). The molecule has 1 atom stereocenters. The van der Waals surface area contributed by atoms with Gasteiger partial charge < -0.3 is 5.32 Å². The number of amides is 4. The maximum atomic E-state index is 12.7. The van der Waals surface area contributed by atoms with Crippen molar-refractivity contribution in [1.82, 2.24) is 4.90 Å². The van der Waals surface area contributed by atoms with Gasteiger partial charge in [-0.2, -0.15) is 0 Å². The molecule has 1 fully saturated rings. The number of benzene rings is 2. The minimum absolute atomic E-state index is 0.304. The molecule has 2 aromatic carbocycles. The first-order valence-electron chi connectivity index (χ1n) is 8.59. The van der Waals surface area contributed by atoms with Crippen LogP contribution in [0.1, 0.15) is 19.4 Å². The first kappa shape index (κ1) is 17.7. The maximum Gasteiger partial charge on any atom is 0.332 e. The molecule has 6 nitrogen and oxygen atoms in total. The first-order chi connectivity index (χ1) is 12.5. The van der Waals surface area contributed by atoms with Crippen molar-refractivity contribution in [3.8, 4) is 0 Å². The molecule has 0 saturated carbocycles. The highest BCUT2D eigenvalue weighted by Gasteiger charge is 2.43. The Kier molecular flexibility index (Phi) is 5.02. The number of nitrogens with zero attached hydrogens (tertiary/aromatic N) is 2. The van der Waals surface area contributed by atoms with Gasteiger partial charge in [-0.1, -0.05) is 37.3 Å². The lowest BCUT2D eigenvalue weighted by Crippen LogP contribution is -2.39. The van der Waals surface area contributed by atoms with Crippen LogP contribution in [0.2, 0.25) is 0 Å². The van der Waals surface area contributed by atoms with Crippen molar-refractivity contribution < 1.29 is 14.4 Å². The van der Waals surface area contributed by atoms with E-state index in [1.807, 2.05) is 31.2 Å². The van der Waals surface area contributed by atoms with Gasteiger partial charge in [-0.25, -0.2) is 4.79 Å². The van der Waals surface area contributed by atoms with Crippen LogP contribution in [0, 0.1) is 0 Å². The Bertz CT molecular complexity index is 835. The predicted octanol–water partition coefficient (Wildman–Crippen LogP) is 3.04. The van der Waals surface area contributed by atoms with Gasteiger partial charge in [-0.05, 0) is 43.2 Å². The molecule has 0 spiro atoms. The number of anilines is 2. The van der Waals surface area contributed by atoms with Gasteiger partial charge in [0.15, 0.2) is 0 Å². The van der Waals surface area contributed by atoms with Crippen LogP contribution in [0.4, 0.5) is 16.2 Å². The third-order valence-corrected chi connectivity index (χ3v) is 4.40. The van der Waals surface area contributed by atoms with E-state index < -0.39 is 18.0 Å². The molecule has 1 N–H and O–H groups in total. The van der Waals surface area contributed by atoms with E-state index in [2.05, 4.69) is 5.32 Å². The van der Waals surface area contributed by atoms with Gasteiger partial charge in [0, 0.05) is 11.4 Å². The van der Waals surface area contributed by atoms with Gasteiger partial charge in [0.1, 0.15) is 12.6 Å². The van der Waals surface area contributed by atoms with Crippen molar-refractivity contribution in [2.75, 3.05) is 16.8 Å². The second-order valence-electron chi connectivity index (χ2n) is 6.19. The number of hydrogen-bond donors (Lipinski definition) is 1. The SMILES string of the molecule is CCc1cccc(NC(=O)CN2C(=O)C(C)N(c3ccccc3)C2=O)c1. The summed E-state index contributed by atoms with van der Waals surface area (Å²) in [6.07, 6.45) is 0.857. The molecule has 2 aromatic rings. The van der Waals surface area contributed by atoms with Gasteiger partial charge >= 0.3 is 6.03 Å². The van der Waals surface area contributed by atoms with E-state index in [9.17, 15) is 14.4 Å². The highest BCUT2D eigenvalue weighted by atomic mass is 16.2. The topological polar surface area (TPSA) is 69.7 Å². The van der Waals surface area contributed by atoms with E-state index in [1.165, 1.54) is 4.90 Å². The summed E-state index contributed by atoms with van der Waals surface area (Å²) >= 11 is 0. The lowest BCUT2D eigenvalue weighted by molar-refractivity contribution is -0.130. The van der Waals surface area contributed by atoms with Crippen molar-refractivity contribution in [1.29, 1.82) is 0 Å². The molecule has 0 aliphatic carbocycles. The lowest BCUT2D eigenvalue weighted by atomic mass is 10.1. The van der Waals surface area contributed by atoms with Crippen molar-refractivity contribution in [3.05, 3.63) is 60.2 Å². The Hall–Kier alpha value is -3.15. The zero-order valence-electron chi connectivity index (χ0n) is 14.8. The molecule has 1 heterocycles. The number of carbonyl (C=O) groups excluding carboxylic acids is 3. The largest absolute Gasteiger partial charge is 0.332 e. The van der Waals surface area contributed by atoms with Crippen molar-refractivity contribution in [2.45, 2.75) is 26.3 Å². The molecule has 134 valence electrons. The third kappa shape index (κ3) is 3.44. The summed E-state index contributed by atoms with van der Waals surface area (Å²) in [6, 6.07) is 15.4. The second kappa shape index (κ2) is 7.39. The highest BCUT2D eigenvalue weighted by molar-refractivity contribution is 6.16. The normalized spacial score (nSPS) is 16.9. The quantitative estimate of drug-likeness (QED) is 0.842. The number of rotatable bonds is 5. The molecule has 6 heteroatoms. The zero-order valence-corrected chi connectivity index (χ0v) is 14.8. The number of hydrogen-bond acceptors (Lipinski definition) is 3. The molecule has 1 aliphatic rings. The van der Waals surface area contributed by atoms with Crippen LogP contribution in [0.5, 0.6) is 0 Å².